The molecule has 0 heterocycles. The Balaban J connectivity index is 0.000000482. The van der Waals surface area contributed by atoms with E-state index in [-0.39, 0.29) is 24.4 Å². The van der Waals surface area contributed by atoms with Crippen LogP contribution in [-0.2, 0) is 17.8 Å². The lowest BCUT2D eigenvalue weighted by Gasteiger charge is -2.33. The number of halogens is 2. The number of hydrogen-bond donors (Lipinski definition) is 3. The molecule has 2 unspecified atom stereocenters. The van der Waals surface area contributed by atoms with Gasteiger partial charge >= 0.3 is 0 Å². The molecular weight excluding hydrogens is 456 g/mol. The quantitative estimate of drug-likeness (QED) is 0.259. The maximum Gasteiger partial charge on any atom is 0.247 e. The summed E-state index contributed by atoms with van der Waals surface area (Å²) < 4.78 is 26.6. The van der Waals surface area contributed by atoms with Crippen molar-refractivity contribution in [3.8, 4) is 0 Å². The summed E-state index contributed by atoms with van der Waals surface area (Å²) in [4.78, 5) is 12.5. The monoisotopic (exact) mass is 495 g/mol. The van der Waals surface area contributed by atoms with E-state index in [0.29, 0.717) is 12.1 Å². The van der Waals surface area contributed by atoms with Gasteiger partial charge in [-0.05, 0) is 66.0 Å². The van der Waals surface area contributed by atoms with E-state index < -0.39 is 11.7 Å². The van der Waals surface area contributed by atoms with E-state index in [1.807, 2.05) is 24.3 Å². The molecule has 0 aromatic heterocycles. The highest BCUT2D eigenvalue weighted by atomic mass is 19.1. The molecule has 36 heavy (non-hydrogen) atoms. The number of nitrogens with two attached hydrogens (primary N) is 2. The summed E-state index contributed by atoms with van der Waals surface area (Å²) in [6.45, 7) is 8.60. The lowest BCUT2D eigenvalue weighted by molar-refractivity contribution is -0.117. The summed E-state index contributed by atoms with van der Waals surface area (Å²) in [6.07, 6.45) is 8.51. The van der Waals surface area contributed by atoms with Gasteiger partial charge in [-0.1, -0.05) is 76.1 Å². The highest BCUT2D eigenvalue weighted by molar-refractivity contribution is 5.93. The molecule has 1 saturated carbocycles. The Hall–Kier alpha value is -3.41. The Bertz CT molecular complexity index is 1040. The van der Waals surface area contributed by atoms with Gasteiger partial charge in [0.1, 0.15) is 11.6 Å². The summed E-state index contributed by atoms with van der Waals surface area (Å²) in [5.74, 6) is 0.718. The van der Waals surface area contributed by atoms with Crippen molar-refractivity contribution >= 4 is 11.6 Å². The Morgan fingerprint density at radius 1 is 1.11 bits per heavy atom. The van der Waals surface area contributed by atoms with Crippen molar-refractivity contribution in [2.24, 2.45) is 23.3 Å². The Morgan fingerprint density at radius 3 is 2.22 bits per heavy atom. The molecular formula is C30H39F2N3O. The van der Waals surface area contributed by atoms with E-state index in [1.54, 1.807) is 12.1 Å². The molecule has 0 saturated heterocycles. The predicted octanol–water partition coefficient (Wildman–Crippen LogP) is 6.53. The van der Waals surface area contributed by atoms with Crippen LogP contribution < -0.4 is 16.8 Å². The van der Waals surface area contributed by atoms with Gasteiger partial charge in [0, 0.05) is 24.0 Å². The van der Waals surface area contributed by atoms with Crippen molar-refractivity contribution in [2.75, 3.05) is 0 Å². The van der Waals surface area contributed by atoms with Gasteiger partial charge in [0.05, 0.1) is 0 Å². The van der Waals surface area contributed by atoms with E-state index >= 15 is 0 Å². The van der Waals surface area contributed by atoms with Gasteiger partial charge in [0.25, 0.3) is 0 Å². The molecule has 1 amide bonds. The zero-order valence-electron chi connectivity index (χ0n) is 21.4. The van der Waals surface area contributed by atoms with Crippen LogP contribution in [0.3, 0.4) is 0 Å². The minimum atomic E-state index is -0.699. The van der Waals surface area contributed by atoms with Gasteiger partial charge in [-0.2, -0.15) is 0 Å². The third-order valence-electron chi connectivity index (χ3n) is 6.59. The normalized spacial score (nSPS) is 17.4. The average molecular weight is 496 g/mol. The molecule has 0 bridgehead atoms. The third kappa shape index (κ3) is 9.68. The van der Waals surface area contributed by atoms with Crippen LogP contribution >= 0.6 is 0 Å². The molecule has 0 spiro atoms. The first-order valence-electron chi connectivity index (χ1n) is 12.6. The first-order chi connectivity index (χ1) is 17.2. The van der Waals surface area contributed by atoms with Gasteiger partial charge < -0.3 is 16.8 Å². The second-order valence-electron chi connectivity index (χ2n) is 9.36. The summed E-state index contributed by atoms with van der Waals surface area (Å²) >= 11 is 0. The topological polar surface area (TPSA) is 81.1 Å². The number of benzene rings is 2. The zero-order chi connectivity index (χ0) is 26.5. The standard InChI is InChI=1S/C22H23F2N3O.C8H16/c1-15(26)18-7-3-17(4-8-18)14-27-22(28)19(12-21(24)13-25)9-2-16-5-10-20(23)11-6-16;1-3-4-8-6-5-7(8)2/h3-8,10-13H,1-2,9,14,25-26H2,(H,27,28);7-8H,3-6H2,1-2H3/b19-12+,21-13+;. The summed E-state index contributed by atoms with van der Waals surface area (Å²) in [7, 11) is 0. The van der Waals surface area contributed by atoms with Crippen LogP contribution in [0.1, 0.15) is 62.6 Å². The van der Waals surface area contributed by atoms with Crippen molar-refractivity contribution in [2.45, 2.75) is 58.9 Å². The lowest BCUT2D eigenvalue weighted by Crippen LogP contribution is -2.25. The third-order valence-corrected chi connectivity index (χ3v) is 6.59. The van der Waals surface area contributed by atoms with Gasteiger partial charge in [0.2, 0.25) is 5.91 Å². The second kappa shape index (κ2) is 14.9. The molecule has 6 heteroatoms. The fourth-order valence-corrected chi connectivity index (χ4v) is 4.06. The number of carbonyl (C=O) groups is 1. The number of allylic oxidation sites excluding steroid dienone is 2. The fourth-order valence-electron chi connectivity index (χ4n) is 4.06. The Morgan fingerprint density at radius 2 is 1.75 bits per heavy atom. The van der Waals surface area contributed by atoms with Gasteiger partial charge in [-0.25, -0.2) is 8.78 Å². The van der Waals surface area contributed by atoms with E-state index in [9.17, 15) is 13.6 Å². The molecule has 194 valence electrons. The molecule has 5 N–H and O–H groups in total. The molecule has 4 nitrogen and oxygen atoms in total. The molecule has 0 aliphatic heterocycles. The minimum Gasteiger partial charge on any atom is -0.402 e. The maximum atomic E-state index is 13.6. The molecule has 1 aliphatic rings. The first kappa shape index (κ1) is 28.8. The molecule has 2 aromatic rings. The SMILES string of the molecule is C=C(N)c1ccc(CNC(=O)/C(=C/C(F)=C\N)CCc2ccc(F)cc2)cc1.CCCC1CCC1C. The van der Waals surface area contributed by atoms with Crippen LogP contribution in [-0.4, -0.2) is 5.91 Å². The Labute approximate surface area is 214 Å². The van der Waals surface area contributed by atoms with E-state index in [2.05, 4.69) is 25.7 Å². The number of nitrogens with one attached hydrogen (secondary N) is 1. The fraction of sp³-hybridized carbons (Fsp3) is 0.367. The zero-order valence-corrected chi connectivity index (χ0v) is 21.4. The molecule has 3 rings (SSSR count). The molecule has 1 aliphatic carbocycles. The first-order valence-corrected chi connectivity index (χ1v) is 12.6. The molecule has 2 atom stereocenters. The molecule has 2 aromatic carbocycles. The predicted molar refractivity (Wildman–Crippen MR) is 144 cm³/mol. The van der Waals surface area contributed by atoms with Crippen molar-refractivity contribution in [3.63, 3.8) is 0 Å². The van der Waals surface area contributed by atoms with Gasteiger partial charge in [-0.3, -0.25) is 4.79 Å². The highest BCUT2D eigenvalue weighted by Crippen LogP contribution is 2.36. The van der Waals surface area contributed by atoms with Crippen LogP contribution in [0, 0.1) is 17.7 Å². The minimum absolute atomic E-state index is 0.246. The summed E-state index contributed by atoms with van der Waals surface area (Å²) in [5.41, 5.74) is 14.0. The average Bonchev–Trinajstić information content (AvgIpc) is 2.88. The number of carbonyl (C=O) groups excluding carboxylic acids is 1. The number of amides is 1. The number of aryl methyl sites for hydroxylation is 1. The van der Waals surface area contributed by atoms with Crippen LogP contribution in [0.2, 0.25) is 0 Å². The summed E-state index contributed by atoms with van der Waals surface area (Å²) in [5, 5.41) is 2.77. The summed E-state index contributed by atoms with van der Waals surface area (Å²) in [6, 6.07) is 13.2. The van der Waals surface area contributed by atoms with Gasteiger partial charge in [-0.15, -0.1) is 0 Å². The number of hydrogen-bond acceptors (Lipinski definition) is 3. The van der Waals surface area contributed by atoms with Crippen LogP contribution in [0.5, 0.6) is 0 Å². The van der Waals surface area contributed by atoms with Crippen molar-refractivity contribution in [1.29, 1.82) is 0 Å². The largest absolute Gasteiger partial charge is 0.402 e. The van der Waals surface area contributed by atoms with Crippen molar-refractivity contribution in [3.05, 3.63) is 101 Å². The van der Waals surface area contributed by atoms with Crippen LogP contribution in [0.25, 0.3) is 5.70 Å². The second-order valence-corrected chi connectivity index (χ2v) is 9.36. The van der Waals surface area contributed by atoms with Crippen LogP contribution in [0.15, 0.2) is 78.8 Å². The highest BCUT2D eigenvalue weighted by Gasteiger charge is 2.24. The lowest BCUT2D eigenvalue weighted by atomic mass is 9.73. The van der Waals surface area contributed by atoms with Gasteiger partial charge in [0.15, 0.2) is 0 Å². The smallest absolute Gasteiger partial charge is 0.247 e. The number of rotatable bonds is 10. The van der Waals surface area contributed by atoms with Crippen molar-refractivity contribution in [1.82, 2.24) is 5.32 Å². The Kier molecular flexibility index (Phi) is 11.9. The van der Waals surface area contributed by atoms with Crippen LogP contribution in [0.4, 0.5) is 8.78 Å². The van der Waals surface area contributed by atoms with E-state index in [1.165, 1.54) is 37.8 Å². The van der Waals surface area contributed by atoms with E-state index in [0.717, 1.165) is 40.8 Å². The maximum absolute atomic E-state index is 13.6. The van der Waals surface area contributed by atoms with E-state index in [4.69, 9.17) is 11.5 Å². The molecule has 0 radical (unpaired) electrons. The molecule has 1 fully saturated rings. The van der Waals surface area contributed by atoms with Crippen molar-refractivity contribution < 1.29 is 13.6 Å².